The van der Waals surface area contributed by atoms with Crippen LogP contribution in [0.1, 0.15) is 19.3 Å². The Morgan fingerprint density at radius 1 is 1.71 bits per heavy atom. The van der Waals surface area contributed by atoms with E-state index in [1.54, 1.807) is 7.11 Å². The normalized spacial score (nSPS) is 35.3. The van der Waals surface area contributed by atoms with Crippen LogP contribution in [0, 0.1) is 5.92 Å². The zero-order valence-electron chi connectivity index (χ0n) is 8.66. The zero-order chi connectivity index (χ0) is 10.2. The highest BCUT2D eigenvalue weighted by Gasteiger charge is 2.59. The maximum Gasteiger partial charge on any atom is 0.249 e. The molecule has 0 aromatic heterocycles. The predicted octanol–water partition coefficient (Wildman–Crippen LogP) is -0.0274. The third kappa shape index (κ3) is 1.33. The van der Waals surface area contributed by atoms with Gasteiger partial charge in [-0.1, -0.05) is 0 Å². The molecule has 1 saturated carbocycles. The van der Waals surface area contributed by atoms with Crippen LogP contribution in [-0.2, 0) is 9.53 Å². The van der Waals surface area contributed by atoms with Gasteiger partial charge in [-0.2, -0.15) is 0 Å². The Labute approximate surface area is 84.4 Å². The summed E-state index contributed by atoms with van der Waals surface area (Å²) in [5.74, 6) is 0.752. The second kappa shape index (κ2) is 3.51. The molecule has 1 heterocycles. The molecule has 1 aliphatic carbocycles. The Morgan fingerprint density at radius 3 is 3.14 bits per heavy atom. The van der Waals surface area contributed by atoms with Crippen molar-refractivity contribution in [1.82, 2.24) is 4.90 Å². The number of carbonyl (C=O) groups is 1. The van der Waals surface area contributed by atoms with E-state index in [-0.39, 0.29) is 18.1 Å². The van der Waals surface area contributed by atoms with E-state index in [2.05, 4.69) is 0 Å². The van der Waals surface area contributed by atoms with Crippen molar-refractivity contribution in [3.63, 3.8) is 0 Å². The number of amides is 1. The standard InChI is InChI=1S/C10H18N2O2/c1-14-6-9(13)12-4-2-3-8-5-10(8,12)7-11/h8H,2-7,11H2,1H3. The summed E-state index contributed by atoms with van der Waals surface area (Å²) in [7, 11) is 1.56. The molecule has 4 nitrogen and oxygen atoms in total. The van der Waals surface area contributed by atoms with Crippen molar-refractivity contribution in [2.24, 2.45) is 11.7 Å². The number of rotatable bonds is 3. The first-order chi connectivity index (χ1) is 6.74. The van der Waals surface area contributed by atoms with Crippen LogP contribution in [0.25, 0.3) is 0 Å². The Hall–Kier alpha value is -0.610. The summed E-state index contributed by atoms with van der Waals surface area (Å²) in [6.07, 6.45) is 3.44. The molecule has 2 atom stereocenters. The van der Waals surface area contributed by atoms with Crippen LogP contribution < -0.4 is 5.73 Å². The fourth-order valence-electron chi connectivity index (χ4n) is 2.72. The number of hydrogen-bond donors (Lipinski definition) is 1. The molecule has 0 spiro atoms. The van der Waals surface area contributed by atoms with Gasteiger partial charge in [0.2, 0.25) is 5.91 Å². The van der Waals surface area contributed by atoms with E-state index in [1.165, 1.54) is 6.42 Å². The van der Waals surface area contributed by atoms with Gasteiger partial charge in [0.05, 0.1) is 5.54 Å². The highest BCUT2D eigenvalue weighted by molar-refractivity contribution is 5.79. The third-order valence-corrected chi connectivity index (χ3v) is 3.59. The molecule has 2 unspecified atom stereocenters. The van der Waals surface area contributed by atoms with Crippen LogP contribution in [-0.4, -0.2) is 43.2 Å². The SMILES string of the molecule is COCC(=O)N1CCCC2CC21CN. The monoisotopic (exact) mass is 198 g/mol. The highest BCUT2D eigenvalue weighted by Crippen LogP contribution is 2.53. The molecule has 0 radical (unpaired) electrons. The maximum atomic E-state index is 11.7. The molecule has 2 rings (SSSR count). The summed E-state index contributed by atoms with van der Waals surface area (Å²) in [5.41, 5.74) is 5.78. The lowest BCUT2D eigenvalue weighted by Crippen LogP contribution is -2.51. The lowest BCUT2D eigenvalue weighted by molar-refractivity contribution is -0.139. The molecule has 2 aliphatic rings. The number of nitrogens with two attached hydrogens (primary N) is 1. The lowest BCUT2D eigenvalue weighted by atomic mass is 10.0. The number of hydrogen-bond acceptors (Lipinski definition) is 3. The van der Waals surface area contributed by atoms with Crippen molar-refractivity contribution < 1.29 is 9.53 Å². The lowest BCUT2D eigenvalue weighted by Gasteiger charge is -2.35. The summed E-state index contributed by atoms with van der Waals surface area (Å²) in [6, 6.07) is 0. The predicted molar refractivity (Wildman–Crippen MR) is 52.7 cm³/mol. The largest absolute Gasteiger partial charge is 0.375 e. The topological polar surface area (TPSA) is 55.6 Å². The summed E-state index contributed by atoms with van der Waals surface area (Å²) < 4.78 is 4.88. The molecule has 2 fully saturated rings. The van der Waals surface area contributed by atoms with Crippen molar-refractivity contribution in [2.75, 3.05) is 26.8 Å². The van der Waals surface area contributed by atoms with Crippen molar-refractivity contribution in [1.29, 1.82) is 0 Å². The molecule has 1 saturated heterocycles. The Bertz CT molecular complexity index is 244. The van der Waals surface area contributed by atoms with E-state index >= 15 is 0 Å². The van der Waals surface area contributed by atoms with Crippen LogP contribution in [0.2, 0.25) is 0 Å². The first-order valence-electron chi connectivity index (χ1n) is 5.24. The van der Waals surface area contributed by atoms with E-state index < -0.39 is 0 Å². The van der Waals surface area contributed by atoms with Gasteiger partial charge in [0.15, 0.2) is 0 Å². The number of piperidine rings is 1. The second-order valence-corrected chi connectivity index (χ2v) is 4.33. The molecule has 80 valence electrons. The van der Waals surface area contributed by atoms with Crippen LogP contribution in [0.15, 0.2) is 0 Å². The van der Waals surface area contributed by atoms with Gasteiger partial charge >= 0.3 is 0 Å². The zero-order valence-corrected chi connectivity index (χ0v) is 8.66. The van der Waals surface area contributed by atoms with E-state index in [4.69, 9.17) is 10.5 Å². The average Bonchev–Trinajstić information content (AvgIpc) is 2.92. The Morgan fingerprint density at radius 2 is 2.50 bits per heavy atom. The van der Waals surface area contributed by atoms with E-state index in [0.717, 1.165) is 19.4 Å². The molecule has 2 N–H and O–H groups in total. The third-order valence-electron chi connectivity index (χ3n) is 3.59. The summed E-state index contributed by atoms with van der Waals surface area (Å²) in [5, 5.41) is 0. The van der Waals surface area contributed by atoms with Crippen LogP contribution >= 0.6 is 0 Å². The molecule has 4 heteroatoms. The van der Waals surface area contributed by atoms with Crippen LogP contribution in [0.3, 0.4) is 0 Å². The quantitative estimate of drug-likeness (QED) is 0.693. The Balaban J connectivity index is 2.06. The molecule has 1 amide bonds. The molecule has 0 aromatic carbocycles. The fourth-order valence-corrected chi connectivity index (χ4v) is 2.72. The van der Waals surface area contributed by atoms with Gasteiger partial charge < -0.3 is 15.4 Å². The first-order valence-corrected chi connectivity index (χ1v) is 5.24. The van der Waals surface area contributed by atoms with E-state index in [1.807, 2.05) is 4.90 Å². The smallest absolute Gasteiger partial charge is 0.249 e. The Kier molecular flexibility index (Phi) is 2.49. The molecule has 0 aromatic rings. The van der Waals surface area contributed by atoms with Gasteiger partial charge in [0.1, 0.15) is 6.61 Å². The van der Waals surface area contributed by atoms with Crippen molar-refractivity contribution in [3.05, 3.63) is 0 Å². The molecular weight excluding hydrogens is 180 g/mol. The van der Waals surface area contributed by atoms with Gasteiger partial charge in [-0.25, -0.2) is 0 Å². The van der Waals surface area contributed by atoms with Crippen molar-refractivity contribution in [3.8, 4) is 0 Å². The van der Waals surface area contributed by atoms with Gasteiger partial charge in [-0.05, 0) is 25.2 Å². The van der Waals surface area contributed by atoms with Crippen molar-refractivity contribution >= 4 is 5.91 Å². The fraction of sp³-hybridized carbons (Fsp3) is 0.900. The molecule has 0 bridgehead atoms. The first kappa shape index (κ1) is 9.93. The van der Waals surface area contributed by atoms with E-state index in [0.29, 0.717) is 12.5 Å². The number of ether oxygens (including phenoxy) is 1. The summed E-state index contributed by atoms with van der Waals surface area (Å²) in [6.45, 7) is 1.65. The number of nitrogens with zero attached hydrogens (tertiary/aromatic N) is 1. The number of methoxy groups -OCH3 is 1. The second-order valence-electron chi connectivity index (χ2n) is 4.33. The van der Waals surface area contributed by atoms with Gasteiger partial charge in [0.25, 0.3) is 0 Å². The molecular formula is C10H18N2O2. The average molecular weight is 198 g/mol. The minimum Gasteiger partial charge on any atom is -0.375 e. The minimum atomic E-state index is 0.00780. The summed E-state index contributed by atoms with van der Waals surface area (Å²) in [4.78, 5) is 13.7. The van der Waals surface area contributed by atoms with Gasteiger partial charge in [-0.3, -0.25) is 4.79 Å². The molecule has 14 heavy (non-hydrogen) atoms. The number of carbonyl (C=O) groups excluding carboxylic acids is 1. The van der Waals surface area contributed by atoms with Crippen LogP contribution in [0.5, 0.6) is 0 Å². The highest BCUT2D eigenvalue weighted by atomic mass is 16.5. The van der Waals surface area contributed by atoms with Gasteiger partial charge in [-0.15, -0.1) is 0 Å². The minimum absolute atomic E-state index is 0.00780. The van der Waals surface area contributed by atoms with E-state index in [9.17, 15) is 4.79 Å². The maximum absolute atomic E-state index is 11.7. The molecule has 1 aliphatic heterocycles. The van der Waals surface area contributed by atoms with Crippen LogP contribution in [0.4, 0.5) is 0 Å². The number of likely N-dealkylation sites (tertiary alicyclic amines) is 1. The van der Waals surface area contributed by atoms with Crippen molar-refractivity contribution in [2.45, 2.75) is 24.8 Å². The number of fused-ring (bicyclic) bond motifs is 1. The van der Waals surface area contributed by atoms with Gasteiger partial charge in [0, 0.05) is 20.2 Å². The summed E-state index contributed by atoms with van der Waals surface area (Å²) >= 11 is 0.